The summed E-state index contributed by atoms with van der Waals surface area (Å²) in [6, 6.07) is 6.09. The first-order chi connectivity index (χ1) is 13.3. The molecule has 1 amide bonds. The largest absolute Gasteiger partial charge is 0.494 e. The minimum Gasteiger partial charge on any atom is -0.494 e. The molecule has 0 radical (unpaired) electrons. The summed E-state index contributed by atoms with van der Waals surface area (Å²) >= 11 is 0. The predicted octanol–water partition coefficient (Wildman–Crippen LogP) is 4.34. The van der Waals surface area contributed by atoms with Crippen LogP contribution in [0.4, 0.5) is 0 Å². The van der Waals surface area contributed by atoms with Crippen molar-refractivity contribution < 1.29 is 18.7 Å². The standard InChI is InChI=1S/C23H27NO4/c1-5-27-17-7-6-15-8-9-24(13-16(15)10-17)22(26)21-14(2)20-18(25)11-23(3,4)12-19(20)28-21/h6-7,10H,5,8-9,11-13H2,1-4H3. The van der Waals surface area contributed by atoms with E-state index in [0.29, 0.717) is 55.2 Å². The van der Waals surface area contributed by atoms with Crippen molar-refractivity contribution in [1.29, 1.82) is 0 Å². The van der Waals surface area contributed by atoms with Gasteiger partial charge < -0.3 is 14.1 Å². The van der Waals surface area contributed by atoms with Gasteiger partial charge >= 0.3 is 0 Å². The second-order valence-corrected chi connectivity index (χ2v) is 8.64. The zero-order chi connectivity index (χ0) is 20.1. The van der Waals surface area contributed by atoms with E-state index in [1.807, 2.05) is 30.9 Å². The van der Waals surface area contributed by atoms with Crippen LogP contribution in [0.1, 0.15) is 70.6 Å². The maximum absolute atomic E-state index is 13.2. The molecule has 5 heteroatoms. The van der Waals surface area contributed by atoms with Gasteiger partial charge in [-0.3, -0.25) is 9.59 Å². The molecule has 4 rings (SSSR count). The van der Waals surface area contributed by atoms with Crippen LogP contribution >= 0.6 is 0 Å². The Labute approximate surface area is 165 Å². The van der Waals surface area contributed by atoms with Crippen LogP contribution in [0.25, 0.3) is 0 Å². The molecule has 0 fully saturated rings. The zero-order valence-electron chi connectivity index (χ0n) is 17.1. The Kier molecular flexibility index (Phi) is 4.56. The van der Waals surface area contributed by atoms with Gasteiger partial charge in [0.1, 0.15) is 11.5 Å². The lowest BCUT2D eigenvalue weighted by Gasteiger charge is -2.28. The van der Waals surface area contributed by atoms with Gasteiger partial charge in [0, 0.05) is 31.5 Å². The van der Waals surface area contributed by atoms with Crippen LogP contribution in [-0.4, -0.2) is 29.7 Å². The zero-order valence-corrected chi connectivity index (χ0v) is 17.1. The summed E-state index contributed by atoms with van der Waals surface area (Å²) in [5.41, 5.74) is 3.54. The number of benzene rings is 1. The number of carbonyl (C=O) groups excluding carboxylic acids is 2. The summed E-state index contributed by atoms with van der Waals surface area (Å²) in [4.78, 5) is 27.6. The molecular weight excluding hydrogens is 354 g/mol. The number of rotatable bonds is 3. The average molecular weight is 381 g/mol. The molecular formula is C23H27NO4. The number of fused-ring (bicyclic) bond motifs is 2. The fraction of sp³-hybridized carbons (Fsp3) is 0.478. The summed E-state index contributed by atoms with van der Waals surface area (Å²) < 4.78 is 11.6. The number of hydrogen-bond acceptors (Lipinski definition) is 4. The maximum atomic E-state index is 13.2. The number of Topliss-reactive ketones (excluding diaryl/α,β-unsaturated/α-hetero) is 1. The number of carbonyl (C=O) groups is 2. The van der Waals surface area contributed by atoms with Gasteiger partial charge in [0.25, 0.3) is 5.91 Å². The first-order valence-electron chi connectivity index (χ1n) is 9.98. The molecule has 5 nitrogen and oxygen atoms in total. The van der Waals surface area contributed by atoms with Gasteiger partial charge in [-0.25, -0.2) is 0 Å². The third kappa shape index (κ3) is 3.23. The Morgan fingerprint density at radius 1 is 1.25 bits per heavy atom. The quantitative estimate of drug-likeness (QED) is 0.793. The number of amides is 1. The van der Waals surface area contributed by atoms with E-state index in [9.17, 15) is 9.59 Å². The fourth-order valence-electron chi connectivity index (χ4n) is 4.39. The number of hydrogen-bond donors (Lipinski definition) is 0. The molecule has 148 valence electrons. The molecule has 28 heavy (non-hydrogen) atoms. The Morgan fingerprint density at radius 2 is 2.04 bits per heavy atom. The Bertz CT molecular complexity index is 954. The molecule has 2 aromatic rings. The number of furan rings is 1. The molecule has 0 saturated heterocycles. The van der Waals surface area contributed by atoms with E-state index in [-0.39, 0.29) is 17.1 Å². The average Bonchev–Trinajstić information content (AvgIpc) is 2.96. The lowest BCUT2D eigenvalue weighted by atomic mass is 9.76. The lowest BCUT2D eigenvalue weighted by Crippen LogP contribution is -2.36. The summed E-state index contributed by atoms with van der Waals surface area (Å²) in [7, 11) is 0. The highest BCUT2D eigenvalue weighted by molar-refractivity contribution is 6.03. The predicted molar refractivity (Wildman–Crippen MR) is 106 cm³/mol. The van der Waals surface area contributed by atoms with Crippen molar-refractivity contribution in [1.82, 2.24) is 4.90 Å². The van der Waals surface area contributed by atoms with E-state index in [1.54, 1.807) is 0 Å². The van der Waals surface area contributed by atoms with E-state index in [0.717, 1.165) is 17.7 Å². The van der Waals surface area contributed by atoms with Crippen LogP contribution in [0.2, 0.25) is 0 Å². The molecule has 2 aliphatic rings. The van der Waals surface area contributed by atoms with Gasteiger partial charge in [-0.15, -0.1) is 0 Å². The van der Waals surface area contributed by atoms with Crippen molar-refractivity contribution in [3.8, 4) is 5.75 Å². The highest BCUT2D eigenvalue weighted by Gasteiger charge is 2.38. The molecule has 1 aromatic heterocycles. The van der Waals surface area contributed by atoms with Crippen molar-refractivity contribution in [2.24, 2.45) is 5.41 Å². The van der Waals surface area contributed by atoms with E-state index >= 15 is 0 Å². The normalized spacial score (nSPS) is 17.9. The van der Waals surface area contributed by atoms with Crippen molar-refractivity contribution >= 4 is 11.7 Å². The van der Waals surface area contributed by atoms with Crippen LogP contribution in [0.5, 0.6) is 5.75 Å². The van der Waals surface area contributed by atoms with E-state index in [1.165, 1.54) is 5.56 Å². The Hall–Kier alpha value is -2.56. The topological polar surface area (TPSA) is 59.8 Å². The minimum atomic E-state index is -0.134. The van der Waals surface area contributed by atoms with E-state index in [2.05, 4.69) is 19.9 Å². The second kappa shape index (κ2) is 6.80. The minimum absolute atomic E-state index is 0.0805. The van der Waals surface area contributed by atoms with Crippen molar-refractivity contribution in [3.63, 3.8) is 0 Å². The van der Waals surface area contributed by atoms with Crippen LogP contribution < -0.4 is 4.74 Å². The van der Waals surface area contributed by atoms with Gasteiger partial charge in [-0.05, 0) is 48.9 Å². The molecule has 0 spiro atoms. The first-order valence-corrected chi connectivity index (χ1v) is 9.98. The lowest BCUT2D eigenvalue weighted by molar-refractivity contribution is 0.0696. The highest BCUT2D eigenvalue weighted by Crippen LogP contribution is 2.39. The Balaban J connectivity index is 1.61. The summed E-state index contributed by atoms with van der Waals surface area (Å²) in [5.74, 6) is 1.76. The summed E-state index contributed by atoms with van der Waals surface area (Å²) in [5, 5.41) is 0. The molecule has 1 aliphatic heterocycles. The van der Waals surface area contributed by atoms with Crippen molar-refractivity contribution in [2.75, 3.05) is 13.2 Å². The monoisotopic (exact) mass is 381 g/mol. The molecule has 0 bridgehead atoms. The van der Waals surface area contributed by atoms with E-state index in [4.69, 9.17) is 9.15 Å². The van der Waals surface area contributed by atoms with Gasteiger partial charge in [-0.1, -0.05) is 19.9 Å². The van der Waals surface area contributed by atoms with Crippen molar-refractivity contribution in [3.05, 3.63) is 52.0 Å². The first kappa shape index (κ1) is 18.8. The van der Waals surface area contributed by atoms with Crippen LogP contribution in [0.3, 0.4) is 0 Å². The molecule has 1 aliphatic carbocycles. The number of ketones is 1. The Morgan fingerprint density at radius 3 is 2.79 bits per heavy atom. The van der Waals surface area contributed by atoms with Gasteiger partial charge in [0.2, 0.25) is 0 Å². The number of ether oxygens (including phenoxy) is 1. The summed E-state index contributed by atoms with van der Waals surface area (Å²) in [6.45, 7) is 9.69. The van der Waals surface area contributed by atoms with Gasteiger partial charge in [-0.2, -0.15) is 0 Å². The molecule has 0 unspecified atom stereocenters. The van der Waals surface area contributed by atoms with Gasteiger partial charge in [0.15, 0.2) is 11.5 Å². The second-order valence-electron chi connectivity index (χ2n) is 8.64. The third-order valence-electron chi connectivity index (χ3n) is 5.76. The van der Waals surface area contributed by atoms with Gasteiger partial charge in [0.05, 0.1) is 12.2 Å². The van der Waals surface area contributed by atoms with E-state index < -0.39 is 0 Å². The third-order valence-corrected chi connectivity index (χ3v) is 5.76. The molecule has 0 saturated carbocycles. The summed E-state index contributed by atoms with van der Waals surface area (Å²) in [6.07, 6.45) is 1.98. The molecule has 1 aromatic carbocycles. The van der Waals surface area contributed by atoms with Crippen LogP contribution in [0, 0.1) is 12.3 Å². The highest BCUT2D eigenvalue weighted by atomic mass is 16.5. The molecule has 2 heterocycles. The molecule has 0 N–H and O–H groups in total. The maximum Gasteiger partial charge on any atom is 0.290 e. The van der Waals surface area contributed by atoms with Crippen molar-refractivity contribution in [2.45, 2.75) is 53.5 Å². The fourth-order valence-corrected chi connectivity index (χ4v) is 4.39. The van der Waals surface area contributed by atoms with Crippen LogP contribution in [-0.2, 0) is 19.4 Å². The molecule has 0 atom stereocenters. The number of nitrogens with zero attached hydrogens (tertiary/aromatic N) is 1. The van der Waals surface area contributed by atoms with Crippen LogP contribution in [0.15, 0.2) is 22.6 Å². The SMILES string of the molecule is CCOc1ccc2c(c1)CN(C(=O)c1oc3c(c1C)C(=O)CC(C)(C)C3)CC2. The smallest absolute Gasteiger partial charge is 0.290 e.